The fourth-order valence-corrected chi connectivity index (χ4v) is 4.04. The maximum Gasteiger partial charge on any atom is 0.420 e. The molecule has 2 aliphatic heterocycles. The number of nitrogens with zero attached hydrogens (tertiary/aromatic N) is 2. The van der Waals surface area contributed by atoms with E-state index in [1.54, 1.807) is 0 Å². The zero-order valence-corrected chi connectivity index (χ0v) is 21.5. The third-order valence-electron chi connectivity index (χ3n) is 6.03. The number of esters is 2. The quantitative estimate of drug-likeness (QED) is 0.320. The van der Waals surface area contributed by atoms with Gasteiger partial charge in [-0.2, -0.15) is 26.3 Å². The molecule has 4 heterocycles. The Kier molecular flexibility index (Phi) is 7.77. The van der Waals surface area contributed by atoms with Crippen molar-refractivity contribution in [3.05, 3.63) is 87.6 Å². The van der Waals surface area contributed by atoms with Gasteiger partial charge in [0, 0.05) is 6.21 Å². The maximum atomic E-state index is 14.4. The molecule has 2 aromatic rings. The minimum Gasteiger partial charge on any atom is -0.465 e. The van der Waals surface area contributed by atoms with Gasteiger partial charge in [0.1, 0.15) is 16.7 Å². The highest BCUT2D eigenvalue weighted by Gasteiger charge is 2.37. The molecule has 0 fully saturated rings. The number of H-pyrrole nitrogens is 2. The van der Waals surface area contributed by atoms with Crippen LogP contribution < -0.4 is 10.7 Å². The van der Waals surface area contributed by atoms with Crippen molar-refractivity contribution in [1.29, 1.82) is 0 Å². The van der Waals surface area contributed by atoms with Crippen LogP contribution in [-0.2, 0) is 19.1 Å². The Labute approximate surface area is 227 Å². The highest BCUT2D eigenvalue weighted by Crippen LogP contribution is 2.33. The van der Waals surface area contributed by atoms with E-state index >= 15 is 0 Å². The number of carbonyl (C=O) groups excluding carboxylic acids is 2. The van der Waals surface area contributed by atoms with Crippen LogP contribution in [0.4, 0.5) is 26.3 Å². The number of alkyl halides is 6. The van der Waals surface area contributed by atoms with E-state index in [0.29, 0.717) is 0 Å². The Morgan fingerprint density at radius 3 is 1.98 bits per heavy atom. The summed E-state index contributed by atoms with van der Waals surface area (Å²) >= 11 is 0. The van der Waals surface area contributed by atoms with Crippen LogP contribution in [0.25, 0.3) is 16.7 Å². The van der Waals surface area contributed by atoms with Gasteiger partial charge in [0.25, 0.3) is 0 Å². The second kappa shape index (κ2) is 10.9. The van der Waals surface area contributed by atoms with Crippen molar-refractivity contribution < 1.29 is 45.4 Å². The summed E-state index contributed by atoms with van der Waals surface area (Å²) in [5, 5.41) is -0.671. The predicted octanol–water partition coefficient (Wildman–Crippen LogP) is 3.80. The molecule has 0 spiro atoms. The molecule has 14 heteroatoms. The molecule has 0 saturated carbocycles. The minimum absolute atomic E-state index is 0.00527. The van der Waals surface area contributed by atoms with Crippen molar-refractivity contribution in [2.45, 2.75) is 19.3 Å². The molecule has 0 unspecified atom stereocenters. The lowest BCUT2D eigenvalue weighted by atomic mass is 10.1. The summed E-state index contributed by atoms with van der Waals surface area (Å²) in [6.07, 6.45) is -3.03. The van der Waals surface area contributed by atoms with E-state index in [-0.39, 0.29) is 33.6 Å². The van der Waals surface area contributed by atoms with Gasteiger partial charge in [0.15, 0.2) is 0 Å². The third kappa shape index (κ3) is 5.85. The number of halogens is 6. The number of methoxy groups -OCH3 is 2. The van der Waals surface area contributed by atoms with E-state index in [4.69, 9.17) is 9.47 Å². The molecule has 0 atom stereocenters. The third-order valence-corrected chi connectivity index (χ3v) is 6.03. The van der Waals surface area contributed by atoms with Gasteiger partial charge < -0.3 is 19.4 Å². The summed E-state index contributed by atoms with van der Waals surface area (Å²) in [7, 11) is 2.12. The molecule has 2 aromatic heterocycles. The van der Waals surface area contributed by atoms with Gasteiger partial charge in [-0.1, -0.05) is 0 Å². The van der Waals surface area contributed by atoms with Gasteiger partial charge >= 0.3 is 24.3 Å². The fraction of sp³-hybridized carbons (Fsp3) is 0.185. The molecular weight excluding hydrogens is 558 g/mol. The highest BCUT2D eigenvalue weighted by atomic mass is 19.4. The number of aromatic amines is 2. The van der Waals surface area contributed by atoms with Crippen molar-refractivity contribution in [2.75, 3.05) is 14.2 Å². The Morgan fingerprint density at radius 2 is 1.39 bits per heavy atom. The summed E-state index contributed by atoms with van der Waals surface area (Å²) in [5.74, 6) is -1.87. The van der Waals surface area contributed by atoms with Gasteiger partial charge in [0.2, 0.25) is 0 Å². The van der Waals surface area contributed by atoms with E-state index in [1.165, 1.54) is 24.4 Å². The molecule has 2 N–H and O–H groups in total. The lowest BCUT2D eigenvalue weighted by Gasteiger charge is -2.10. The van der Waals surface area contributed by atoms with Crippen LogP contribution in [0.3, 0.4) is 0 Å². The molecule has 214 valence electrons. The molecule has 41 heavy (non-hydrogen) atoms. The molecule has 4 rings (SSSR count). The Balaban J connectivity index is 1.92. The number of rotatable bonds is 5. The molecular formula is C27H20F6N4O4. The van der Waals surface area contributed by atoms with Crippen molar-refractivity contribution in [3.63, 3.8) is 0 Å². The zero-order chi connectivity index (χ0) is 30.1. The minimum atomic E-state index is -4.94. The largest absolute Gasteiger partial charge is 0.465 e. The van der Waals surface area contributed by atoms with Crippen LogP contribution in [0.2, 0.25) is 0 Å². The molecule has 2 aliphatic rings. The molecule has 0 aromatic carbocycles. The topological polar surface area (TPSA) is 109 Å². The van der Waals surface area contributed by atoms with Crippen LogP contribution in [-0.4, -0.2) is 60.4 Å². The number of carbonyl (C=O) groups is 2. The zero-order valence-electron chi connectivity index (χ0n) is 21.5. The predicted molar refractivity (Wildman–Crippen MR) is 137 cm³/mol. The normalized spacial score (nSPS) is 18.8. The van der Waals surface area contributed by atoms with Gasteiger partial charge in [-0.3, -0.25) is 4.99 Å². The molecule has 0 amide bonds. The smallest absolute Gasteiger partial charge is 0.420 e. The summed E-state index contributed by atoms with van der Waals surface area (Å²) < 4.78 is 91.9. The van der Waals surface area contributed by atoms with Crippen LogP contribution in [0.5, 0.6) is 0 Å². The second-order valence-electron chi connectivity index (χ2n) is 8.54. The first kappa shape index (κ1) is 29.1. The van der Waals surface area contributed by atoms with Crippen molar-refractivity contribution in [1.82, 2.24) is 9.97 Å². The molecule has 0 bridgehead atoms. The molecule has 8 nitrogen and oxygen atoms in total. The van der Waals surface area contributed by atoms with Crippen LogP contribution in [0.1, 0.15) is 18.3 Å². The lowest BCUT2D eigenvalue weighted by Crippen LogP contribution is -2.27. The fourth-order valence-electron chi connectivity index (χ4n) is 4.04. The number of allylic oxidation sites excluding steroid dienone is 5. The van der Waals surface area contributed by atoms with Crippen LogP contribution >= 0.6 is 0 Å². The standard InChI is InChI=1S/C27H20F6N4O4/c1-13(26(28,29)30)14-6-7-17(35-14)22(25(39)41-3)18-9-11-20(37-18)23(27(31,32)33)19-10-8-16(36-19)21(24(38)40-2)15-5-4-12-34-15/h4-12,36-37H,1-3H3/b14-13+,21-15+,22-18?,23-20+. The van der Waals surface area contributed by atoms with Gasteiger partial charge in [-0.05, 0) is 55.5 Å². The van der Waals surface area contributed by atoms with Crippen molar-refractivity contribution in [2.24, 2.45) is 9.98 Å². The Bertz CT molecular complexity index is 1710. The average molecular weight is 578 g/mol. The number of ether oxygens (including phenoxy) is 2. The van der Waals surface area contributed by atoms with E-state index < -0.39 is 52.2 Å². The van der Waals surface area contributed by atoms with E-state index in [9.17, 15) is 35.9 Å². The summed E-state index contributed by atoms with van der Waals surface area (Å²) in [4.78, 5) is 37.9. The van der Waals surface area contributed by atoms with Crippen LogP contribution in [0, 0.1) is 0 Å². The van der Waals surface area contributed by atoms with Gasteiger partial charge in [0.05, 0.1) is 59.0 Å². The lowest BCUT2D eigenvalue weighted by molar-refractivity contribution is -0.134. The maximum absolute atomic E-state index is 14.4. The van der Waals surface area contributed by atoms with Crippen molar-refractivity contribution >= 4 is 40.6 Å². The van der Waals surface area contributed by atoms with E-state index in [0.717, 1.165) is 51.5 Å². The summed E-state index contributed by atoms with van der Waals surface area (Å²) in [6.45, 7) is 0.808. The number of nitrogens with one attached hydrogen (secondary N) is 2. The molecule has 0 saturated heterocycles. The summed E-state index contributed by atoms with van der Waals surface area (Å²) in [6, 6.07) is 4.55. The van der Waals surface area contributed by atoms with E-state index in [1.807, 2.05) is 0 Å². The first-order chi connectivity index (χ1) is 19.3. The number of aromatic nitrogens is 2. The van der Waals surface area contributed by atoms with Gasteiger partial charge in [-0.25, -0.2) is 14.6 Å². The monoisotopic (exact) mass is 578 g/mol. The molecule has 0 aliphatic carbocycles. The number of aliphatic imine (C=N–C) groups is 2. The van der Waals surface area contributed by atoms with Crippen LogP contribution in [0.15, 0.2) is 75.5 Å². The average Bonchev–Trinajstić information content (AvgIpc) is 3.71. The Morgan fingerprint density at radius 1 is 0.756 bits per heavy atom. The highest BCUT2D eigenvalue weighted by molar-refractivity contribution is 6.44. The Hall–Kier alpha value is -4.88. The summed E-state index contributed by atoms with van der Waals surface area (Å²) in [5.41, 5.74) is -3.62. The number of hydrogen-bond acceptors (Lipinski definition) is 6. The SMILES string of the molecule is COC(=O)C(C1=N/C(=C(\C)C(F)(F)F)C=C1)=c1cc/c(=C(/c2ccc(/C(C(=O)OC)=C3/C=CC=N3)[nH]2)C(F)(F)F)[nH]1. The second-order valence-corrected chi connectivity index (χ2v) is 8.54. The van der Waals surface area contributed by atoms with Gasteiger partial charge in [-0.15, -0.1) is 0 Å². The number of hydrogen-bond donors (Lipinski definition) is 2. The van der Waals surface area contributed by atoms with Crippen molar-refractivity contribution in [3.8, 4) is 0 Å². The van der Waals surface area contributed by atoms with E-state index in [2.05, 4.69) is 20.0 Å². The molecule has 0 radical (unpaired) electrons. The first-order valence-electron chi connectivity index (χ1n) is 11.6. The first-order valence-corrected chi connectivity index (χ1v) is 11.6.